The van der Waals surface area contributed by atoms with Crippen LogP contribution in [0.3, 0.4) is 0 Å². The number of nitrogens with zero attached hydrogens (tertiary/aromatic N) is 4. The summed E-state index contributed by atoms with van der Waals surface area (Å²) in [5.74, 6) is -0.00501. The lowest BCUT2D eigenvalue weighted by Gasteiger charge is -2.06. The standard InChI is InChI=1S/C17H20BrN5O4/c1-11-13(15(24)19-4-6-23-9-12(18)8-21-23)14-16(27-11)20-10-22(17(14)25)5-3-7-26-2/h8-10H,3-7H2,1-2H3,(H,19,24). The molecule has 0 spiro atoms. The number of halogens is 1. The molecular formula is C17H20BrN5O4. The number of amides is 1. The first kappa shape index (κ1) is 19.3. The molecule has 1 amide bonds. The van der Waals surface area contributed by atoms with Gasteiger partial charge in [-0.2, -0.15) is 5.10 Å². The quantitative estimate of drug-likeness (QED) is 0.538. The average molecular weight is 438 g/mol. The Morgan fingerprint density at radius 3 is 2.93 bits per heavy atom. The molecule has 144 valence electrons. The number of ether oxygens (including phenoxy) is 1. The van der Waals surface area contributed by atoms with Gasteiger partial charge in [0.15, 0.2) is 0 Å². The minimum Gasteiger partial charge on any atom is -0.442 e. The van der Waals surface area contributed by atoms with Crippen molar-refractivity contribution in [2.75, 3.05) is 20.3 Å². The van der Waals surface area contributed by atoms with Gasteiger partial charge in [0.25, 0.3) is 11.5 Å². The van der Waals surface area contributed by atoms with E-state index >= 15 is 0 Å². The molecule has 0 saturated heterocycles. The van der Waals surface area contributed by atoms with Crippen molar-refractivity contribution in [3.63, 3.8) is 0 Å². The molecule has 0 unspecified atom stereocenters. The highest BCUT2D eigenvalue weighted by atomic mass is 79.9. The molecule has 3 rings (SSSR count). The Hall–Kier alpha value is -2.46. The number of nitrogens with one attached hydrogen (secondary N) is 1. The summed E-state index contributed by atoms with van der Waals surface area (Å²) in [5, 5.41) is 7.13. The lowest BCUT2D eigenvalue weighted by molar-refractivity contribution is 0.0951. The number of furan rings is 1. The molecule has 0 atom stereocenters. The van der Waals surface area contributed by atoms with E-state index in [4.69, 9.17) is 9.15 Å². The van der Waals surface area contributed by atoms with Gasteiger partial charge in [0, 0.05) is 33.0 Å². The molecule has 10 heteroatoms. The molecule has 0 aliphatic rings. The van der Waals surface area contributed by atoms with Crippen LogP contribution in [0.4, 0.5) is 0 Å². The Morgan fingerprint density at radius 1 is 1.41 bits per heavy atom. The van der Waals surface area contributed by atoms with E-state index in [1.165, 1.54) is 10.9 Å². The third kappa shape index (κ3) is 4.28. The number of hydrogen-bond donors (Lipinski definition) is 1. The van der Waals surface area contributed by atoms with Crippen LogP contribution >= 0.6 is 15.9 Å². The lowest BCUT2D eigenvalue weighted by atomic mass is 10.2. The van der Waals surface area contributed by atoms with Gasteiger partial charge in [-0.3, -0.25) is 18.8 Å². The predicted molar refractivity (Wildman–Crippen MR) is 102 cm³/mol. The molecule has 3 aromatic heterocycles. The maximum Gasteiger partial charge on any atom is 0.265 e. The van der Waals surface area contributed by atoms with Crippen molar-refractivity contribution in [1.29, 1.82) is 0 Å². The third-order valence-electron chi connectivity index (χ3n) is 4.06. The van der Waals surface area contributed by atoms with E-state index in [1.54, 1.807) is 24.9 Å². The Balaban J connectivity index is 1.79. The number of aryl methyl sites for hydroxylation is 2. The Bertz CT molecular complexity index is 1010. The zero-order valence-corrected chi connectivity index (χ0v) is 16.7. The molecule has 0 fully saturated rings. The highest BCUT2D eigenvalue weighted by Crippen LogP contribution is 2.20. The number of aromatic nitrogens is 4. The topological polar surface area (TPSA) is 104 Å². The van der Waals surface area contributed by atoms with Crippen molar-refractivity contribution in [2.45, 2.75) is 26.4 Å². The summed E-state index contributed by atoms with van der Waals surface area (Å²) in [4.78, 5) is 29.6. The fourth-order valence-corrected chi connectivity index (χ4v) is 3.11. The second-order valence-electron chi connectivity index (χ2n) is 5.98. The summed E-state index contributed by atoms with van der Waals surface area (Å²) in [7, 11) is 1.61. The van der Waals surface area contributed by atoms with Crippen molar-refractivity contribution < 1.29 is 13.9 Å². The van der Waals surface area contributed by atoms with Gasteiger partial charge in [0.1, 0.15) is 17.5 Å². The van der Waals surface area contributed by atoms with Gasteiger partial charge >= 0.3 is 0 Å². The van der Waals surface area contributed by atoms with Crippen LogP contribution < -0.4 is 10.9 Å². The SMILES string of the molecule is COCCCn1cnc2oc(C)c(C(=O)NCCn3cc(Br)cn3)c2c1=O. The van der Waals surface area contributed by atoms with E-state index in [1.807, 2.05) is 6.20 Å². The molecule has 0 radical (unpaired) electrons. The molecular weight excluding hydrogens is 418 g/mol. The fraction of sp³-hybridized carbons (Fsp3) is 0.412. The van der Waals surface area contributed by atoms with E-state index in [2.05, 4.69) is 31.3 Å². The zero-order chi connectivity index (χ0) is 19.4. The number of carbonyl (C=O) groups is 1. The largest absolute Gasteiger partial charge is 0.442 e. The number of fused-ring (bicyclic) bond motifs is 1. The average Bonchev–Trinajstić information content (AvgIpc) is 3.20. The van der Waals surface area contributed by atoms with Crippen molar-refractivity contribution in [3.05, 3.63) is 44.9 Å². The van der Waals surface area contributed by atoms with Crippen LogP contribution in [0, 0.1) is 6.92 Å². The maximum atomic E-state index is 12.8. The molecule has 0 bridgehead atoms. The first-order valence-electron chi connectivity index (χ1n) is 8.45. The van der Waals surface area contributed by atoms with Crippen molar-refractivity contribution >= 4 is 32.9 Å². The molecule has 27 heavy (non-hydrogen) atoms. The minimum atomic E-state index is -0.369. The van der Waals surface area contributed by atoms with Gasteiger partial charge in [-0.1, -0.05) is 0 Å². The Labute approximate surface area is 163 Å². The molecule has 3 heterocycles. The van der Waals surface area contributed by atoms with Crippen LogP contribution in [0.15, 0.2) is 32.4 Å². The zero-order valence-electron chi connectivity index (χ0n) is 15.1. The van der Waals surface area contributed by atoms with Gasteiger partial charge in [-0.05, 0) is 29.3 Å². The first-order valence-corrected chi connectivity index (χ1v) is 9.24. The van der Waals surface area contributed by atoms with Crippen LogP contribution in [-0.2, 0) is 17.8 Å². The molecule has 0 saturated carbocycles. The second kappa shape index (κ2) is 8.49. The summed E-state index contributed by atoms with van der Waals surface area (Å²) < 4.78 is 14.6. The minimum absolute atomic E-state index is 0.168. The van der Waals surface area contributed by atoms with Gasteiger partial charge in [-0.15, -0.1) is 0 Å². The van der Waals surface area contributed by atoms with Gasteiger partial charge in [0.2, 0.25) is 5.71 Å². The number of carbonyl (C=O) groups excluding carboxylic acids is 1. The van der Waals surface area contributed by atoms with Gasteiger partial charge in [-0.25, -0.2) is 4.98 Å². The fourth-order valence-electron chi connectivity index (χ4n) is 2.78. The lowest BCUT2D eigenvalue weighted by Crippen LogP contribution is -2.29. The highest BCUT2D eigenvalue weighted by molar-refractivity contribution is 9.10. The molecule has 3 aromatic rings. The number of hydrogen-bond acceptors (Lipinski definition) is 6. The Morgan fingerprint density at radius 2 is 2.22 bits per heavy atom. The van der Waals surface area contributed by atoms with Crippen molar-refractivity contribution in [2.24, 2.45) is 0 Å². The molecule has 0 aliphatic heterocycles. The van der Waals surface area contributed by atoms with Crippen molar-refractivity contribution in [3.8, 4) is 0 Å². The monoisotopic (exact) mass is 437 g/mol. The second-order valence-corrected chi connectivity index (χ2v) is 6.90. The summed E-state index contributed by atoms with van der Waals surface area (Å²) in [6.07, 6.45) is 5.59. The van der Waals surface area contributed by atoms with E-state index < -0.39 is 0 Å². The van der Waals surface area contributed by atoms with Crippen LogP contribution in [0.1, 0.15) is 22.5 Å². The molecule has 0 aromatic carbocycles. The van der Waals surface area contributed by atoms with Crippen molar-refractivity contribution in [1.82, 2.24) is 24.6 Å². The summed E-state index contributed by atoms with van der Waals surface area (Å²) in [6.45, 7) is 3.50. The third-order valence-corrected chi connectivity index (χ3v) is 4.47. The van der Waals surface area contributed by atoms with Crippen LogP contribution in [0.25, 0.3) is 11.1 Å². The van der Waals surface area contributed by atoms with Gasteiger partial charge in [0.05, 0.1) is 22.8 Å². The number of methoxy groups -OCH3 is 1. The van der Waals surface area contributed by atoms with Crippen LogP contribution in [0.5, 0.6) is 0 Å². The highest BCUT2D eigenvalue weighted by Gasteiger charge is 2.22. The summed E-state index contributed by atoms with van der Waals surface area (Å²) >= 11 is 3.32. The Kier molecular flexibility index (Phi) is 6.07. The maximum absolute atomic E-state index is 12.8. The summed E-state index contributed by atoms with van der Waals surface area (Å²) in [6, 6.07) is 0. The van der Waals surface area contributed by atoms with Crippen LogP contribution in [-0.4, -0.2) is 45.5 Å². The smallest absolute Gasteiger partial charge is 0.265 e. The van der Waals surface area contributed by atoms with E-state index in [-0.39, 0.29) is 28.1 Å². The summed E-state index contributed by atoms with van der Waals surface area (Å²) in [5.41, 5.74) is 0.0981. The normalized spacial score (nSPS) is 11.2. The van der Waals surface area contributed by atoms with Gasteiger partial charge < -0.3 is 14.5 Å². The van der Waals surface area contributed by atoms with E-state index in [0.717, 1.165) is 4.47 Å². The molecule has 0 aliphatic carbocycles. The predicted octanol–water partition coefficient (Wildman–Crippen LogP) is 1.72. The van der Waals surface area contributed by atoms with E-state index in [0.29, 0.717) is 38.4 Å². The van der Waals surface area contributed by atoms with Crippen LogP contribution in [0.2, 0.25) is 0 Å². The molecule has 1 N–H and O–H groups in total. The first-order chi connectivity index (χ1) is 13.0. The number of rotatable bonds is 8. The molecule has 9 nitrogen and oxygen atoms in total. The van der Waals surface area contributed by atoms with E-state index in [9.17, 15) is 9.59 Å².